The quantitative estimate of drug-likeness (QED) is 0.740. The zero-order chi connectivity index (χ0) is 17.6. The van der Waals surface area contributed by atoms with Gasteiger partial charge in [0, 0.05) is 30.5 Å². The molecule has 23 heavy (non-hydrogen) atoms. The highest BCUT2D eigenvalue weighted by atomic mass is 32.2. The number of aryl methyl sites for hydroxylation is 1. The van der Waals surface area contributed by atoms with Crippen molar-refractivity contribution < 1.29 is 19.5 Å². The minimum atomic E-state index is -1.08. The second-order valence-electron chi connectivity index (χ2n) is 5.18. The minimum Gasteiger partial charge on any atom is -0.480 e. The molecule has 7 heteroatoms. The van der Waals surface area contributed by atoms with Crippen molar-refractivity contribution in [3.05, 3.63) is 29.3 Å². The van der Waals surface area contributed by atoms with Crippen molar-refractivity contribution in [1.82, 2.24) is 10.2 Å². The smallest absolute Gasteiger partial charge is 0.326 e. The van der Waals surface area contributed by atoms with Crippen molar-refractivity contribution in [1.29, 1.82) is 0 Å². The van der Waals surface area contributed by atoms with Crippen LogP contribution in [0.5, 0.6) is 0 Å². The third kappa shape index (κ3) is 5.28. The Labute approximate surface area is 140 Å². The highest BCUT2D eigenvalue weighted by molar-refractivity contribution is 7.98. The molecule has 0 saturated heterocycles. The molecular formula is C16H22N2O4S. The van der Waals surface area contributed by atoms with E-state index in [1.165, 1.54) is 30.5 Å². The van der Waals surface area contributed by atoms with E-state index in [-0.39, 0.29) is 24.9 Å². The van der Waals surface area contributed by atoms with Gasteiger partial charge < -0.3 is 15.3 Å². The van der Waals surface area contributed by atoms with Crippen molar-refractivity contribution in [3.63, 3.8) is 0 Å². The van der Waals surface area contributed by atoms with Crippen LogP contribution in [0.4, 0.5) is 0 Å². The molecular weight excluding hydrogens is 316 g/mol. The number of carboxylic acid groups (broad SMARTS) is 1. The molecule has 0 aromatic heterocycles. The topological polar surface area (TPSA) is 86.7 Å². The average molecular weight is 338 g/mol. The molecule has 0 aliphatic heterocycles. The summed E-state index contributed by atoms with van der Waals surface area (Å²) in [6.07, 6.45) is 1.91. The average Bonchev–Trinajstić information content (AvgIpc) is 2.50. The number of carbonyl (C=O) groups is 3. The lowest BCUT2D eigenvalue weighted by atomic mass is 10.1. The normalized spacial score (nSPS) is 11.7. The molecule has 6 nitrogen and oxygen atoms in total. The SMILES string of the molecule is CSc1ccc(C)c(C(=O)N(CCNC(C)=O)C(C)C(=O)O)c1. The molecule has 1 rings (SSSR count). The van der Waals surface area contributed by atoms with Crippen LogP contribution in [0, 0.1) is 6.92 Å². The molecule has 0 spiro atoms. The fourth-order valence-electron chi connectivity index (χ4n) is 2.07. The minimum absolute atomic E-state index is 0.134. The fraction of sp³-hybridized carbons (Fsp3) is 0.438. The number of hydrogen-bond acceptors (Lipinski definition) is 4. The Kier molecular flexibility index (Phi) is 7.09. The first-order chi connectivity index (χ1) is 10.8. The number of aliphatic carboxylic acids is 1. The van der Waals surface area contributed by atoms with Crippen LogP contribution in [0.25, 0.3) is 0 Å². The number of carbonyl (C=O) groups excluding carboxylic acids is 2. The molecule has 0 aliphatic rings. The summed E-state index contributed by atoms with van der Waals surface area (Å²) in [5.74, 6) is -1.65. The van der Waals surface area contributed by atoms with Crippen molar-refractivity contribution >= 4 is 29.5 Å². The van der Waals surface area contributed by atoms with Crippen LogP contribution in [-0.2, 0) is 9.59 Å². The Morgan fingerprint density at radius 2 is 2.00 bits per heavy atom. The summed E-state index contributed by atoms with van der Waals surface area (Å²) in [5.41, 5.74) is 1.27. The molecule has 0 saturated carbocycles. The molecule has 2 N–H and O–H groups in total. The number of thioether (sulfide) groups is 1. The van der Waals surface area contributed by atoms with Crippen LogP contribution in [-0.4, -0.2) is 53.2 Å². The van der Waals surface area contributed by atoms with Gasteiger partial charge in [-0.05, 0) is 37.8 Å². The molecule has 1 atom stereocenters. The van der Waals surface area contributed by atoms with E-state index in [4.69, 9.17) is 0 Å². The highest BCUT2D eigenvalue weighted by Crippen LogP contribution is 2.21. The molecule has 126 valence electrons. The molecule has 0 heterocycles. The second kappa shape index (κ2) is 8.57. The lowest BCUT2D eigenvalue weighted by Gasteiger charge is -2.27. The number of carboxylic acids is 1. The highest BCUT2D eigenvalue weighted by Gasteiger charge is 2.27. The van der Waals surface area contributed by atoms with Gasteiger partial charge in [-0.2, -0.15) is 0 Å². The van der Waals surface area contributed by atoms with Gasteiger partial charge in [-0.3, -0.25) is 9.59 Å². The zero-order valence-corrected chi connectivity index (χ0v) is 14.6. The summed E-state index contributed by atoms with van der Waals surface area (Å²) in [7, 11) is 0. The first kappa shape index (κ1) is 19.0. The second-order valence-corrected chi connectivity index (χ2v) is 6.06. The summed E-state index contributed by atoms with van der Waals surface area (Å²) in [4.78, 5) is 37.3. The van der Waals surface area contributed by atoms with Crippen LogP contribution in [0.1, 0.15) is 29.8 Å². The molecule has 0 bridgehead atoms. The van der Waals surface area contributed by atoms with Gasteiger partial charge in [0.15, 0.2) is 0 Å². The Morgan fingerprint density at radius 1 is 1.35 bits per heavy atom. The van der Waals surface area contributed by atoms with Crippen LogP contribution in [0.3, 0.4) is 0 Å². The van der Waals surface area contributed by atoms with Crippen molar-refractivity contribution in [2.24, 2.45) is 0 Å². The van der Waals surface area contributed by atoms with E-state index in [0.29, 0.717) is 5.56 Å². The van der Waals surface area contributed by atoms with Gasteiger partial charge in [-0.15, -0.1) is 11.8 Å². The first-order valence-corrected chi connectivity index (χ1v) is 8.43. The Hall–Kier alpha value is -2.02. The lowest BCUT2D eigenvalue weighted by molar-refractivity contribution is -0.141. The van der Waals surface area contributed by atoms with E-state index >= 15 is 0 Å². The summed E-state index contributed by atoms with van der Waals surface area (Å²) < 4.78 is 0. The third-order valence-electron chi connectivity index (χ3n) is 3.49. The fourth-order valence-corrected chi connectivity index (χ4v) is 2.51. The van der Waals surface area contributed by atoms with E-state index in [2.05, 4.69) is 5.32 Å². The first-order valence-electron chi connectivity index (χ1n) is 7.20. The lowest BCUT2D eigenvalue weighted by Crippen LogP contribution is -2.46. The van der Waals surface area contributed by atoms with E-state index in [0.717, 1.165) is 10.5 Å². The summed E-state index contributed by atoms with van der Waals surface area (Å²) in [6, 6.07) is 4.55. The van der Waals surface area contributed by atoms with Crippen LogP contribution < -0.4 is 5.32 Å². The third-order valence-corrected chi connectivity index (χ3v) is 4.21. The molecule has 1 aromatic rings. The largest absolute Gasteiger partial charge is 0.480 e. The monoisotopic (exact) mass is 338 g/mol. The Balaban J connectivity index is 3.07. The maximum Gasteiger partial charge on any atom is 0.326 e. The van der Waals surface area contributed by atoms with Crippen molar-refractivity contribution in [2.75, 3.05) is 19.3 Å². The predicted octanol–water partition coefficient (Wildman–Crippen LogP) is 1.77. The number of rotatable bonds is 7. The Morgan fingerprint density at radius 3 is 2.52 bits per heavy atom. The number of nitrogens with zero attached hydrogens (tertiary/aromatic N) is 1. The number of amides is 2. The molecule has 0 fully saturated rings. The number of hydrogen-bond donors (Lipinski definition) is 2. The van der Waals surface area contributed by atoms with Gasteiger partial charge in [0.25, 0.3) is 5.91 Å². The standard InChI is InChI=1S/C16H22N2O4S/c1-10-5-6-13(23-4)9-14(10)15(20)18(11(2)16(21)22)8-7-17-12(3)19/h5-6,9,11H,7-8H2,1-4H3,(H,17,19)(H,21,22). The van der Waals surface area contributed by atoms with E-state index in [1.807, 2.05) is 25.3 Å². The summed E-state index contributed by atoms with van der Waals surface area (Å²) in [6.45, 7) is 4.99. The van der Waals surface area contributed by atoms with Gasteiger partial charge in [-0.25, -0.2) is 4.79 Å². The van der Waals surface area contributed by atoms with Gasteiger partial charge >= 0.3 is 5.97 Å². The maximum atomic E-state index is 12.8. The van der Waals surface area contributed by atoms with Gasteiger partial charge in [0.1, 0.15) is 6.04 Å². The summed E-state index contributed by atoms with van der Waals surface area (Å²) in [5, 5.41) is 11.8. The number of nitrogens with one attached hydrogen (secondary N) is 1. The van der Waals surface area contributed by atoms with E-state index in [1.54, 1.807) is 6.07 Å². The Bertz CT molecular complexity index is 604. The summed E-state index contributed by atoms with van der Waals surface area (Å²) >= 11 is 1.51. The molecule has 1 unspecified atom stereocenters. The zero-order valence-electron chi connectivity index (χ0n) is 13.8. The molecule has 1 aromatic carbocycles. The molecule has 2 amide bonds. The van der Waals surface area contributed by atoms with Crippen LogP contribution in [0.15, 0.2) is 23.1 Å². The van der Waals surface area contributed by atoms with Crippen LogP contribution >= 0.6 is 11.8 Å². The van der Waals surface area contributed by atoms with E-state index in [9.17, 15) is 19.5 Å². The van der Waals surface area contributed by atoms with Crippen LogP contribution in [0.2, 0.25) is 0 Å². The van der Waals surface area contributed by atoms with Crippen molar-refractivity contribution in [3.8, 4) is 0 Å². The van der Waals surface area contributed by atoms with Gasteiger partial charge in [-0.1, -0.05) is 6.07 Å². The van der Waals surface area contributed by atoms with Gasteiger partial charge in [0.05, 0.1) is 0 Å². The maximum absolute atomic E-state index is 12.8. The predicted molar refractivity (Wildman–Crippen MR) is 89.8 cm³/mol. The van der Waals surface area contributed by atoms with E-state index < -0.39 is 12.0 Å². The number of benzene rings is 1. The van der Waals surface area contributed by atoms with Gasteiger partial charge in [0.2, 0.25) is 5.91 Å². The molecule has 0 aliphatic carbocycles. The van der Waals surface area contributed by atoms with Crippen molar-refractivity contribution in [2.45, 2.75) is 31.7 Å². The molecule has 0 radical (unpaired) electrons.